The van der Waals surface area contributed by atoms with Crippen molar-refractivity contribution < 1.29 is 0 Å². The fourth-order valence-corrected chi connectivity index (χ4v) is 2.56. The zero-order valence-electron chi connectivity index (χ0n) is 12.1. The minimum atomic E-state index is 0.376. The fourth-order valence-electron chi connectivity index (χ4n) is 2.56. The summed E-state index contributed by atoms with van der Waals surface area (Å²) in [6.45, 7) is 4.39. The minimum Gasteiger partial charge on any atom is -0.388 e. The van der Waals surface area contributed by atoms with Crippen LogP contribution < -0.4 is 5.32 Å². The SMILES string of the molecule is CNc1ccc(-c2nc3ccccc3n2C(C)C)cc1. The van der Waals surface area contributed by atoms with E-state index >= 15 is 0 Å². The van der Waals surface area contributed by atoms with Crippen LogP contribution >= 0.6 is 0 Å². The zero-order valence-corrected chi connectivity index (χ0v) is 12.1. The van der Waals surface area contributed by atoms with Crippen molar-refractivity contribution in [2.45, 2.75) is 19.9 Å². The van der Waals surface area contributed by atoms with Crippen molar-refractivity contribution in [1.29, 1.82) is 0 Å². The van der Waals surface area contributed by atoms with Gasteiger partial charge in [-0.3, -0.25) is 0 Å². The van der Waals surface area contributed by atoms with E-state index in [1.54, 1.807) is 0 Å². The quantitative estimate of drug-likeness (QED) is 0.764. The molecule has 1 N–H and O–H groups in total. The van der Waals surface area contributed by atoms with Gasteiger partial charge in [-0.05, 0) is 50.2 Å². The highest BCUT2D eigenvalue weighted by Crippen LogP contribution is 2.28. The summed E-state index contributed by atoms with van der Waals surface area (Å²) in [6.07, 6.45) is 0. The average Bonchev–Trinajstić information content (AvgIpc) is 2.86. The molecule has 0 amide bonds. The highest BCUT2D eigenvalue weighted by atomic mass is 15.1. The summed E-state index contributed by atoms with van der Waals surface area (Å²) in [5.74, 6) is 1.03. The molecule has 0 atom stereocenters. The number of nitrogens with zero attached hydrogens (tertiary/aromatic N) is 2. The van der Waals surface area contributed by atoms with E-state index < -0.39 is 0 Å². The number of imidazole rings is 1. The van der Waals surface area contributed by atoms with E-state index in [2.05, 4.69) is 66.2 Å². The first kappa shape index (κ1) is 12.7. The Hall–Kier alpha value is -2.29. The van der Waals surface area contributed by atoms with Gasteiger partial charge in [0.25, 0.3) is 0 Å². The number of aromatic nitrogens is 2. The maximum atomic E-state index is 4.80. The maximum absolute atomic E-state index is 4.80. The molecule has 3 aromatic rings. The molecule has 0 spiro atoms. The molecular formula is C17H19N3. The van der Waals surface area contributed by atoms with Gasteiger partial charge in [-0.1, -0.05) is 12.1 Å². The molecule has 3 nitrogen and oxygen atoms in total. The lowest BCUT2D eigenvalue weighted by molar-refractivity contribution is 0.624. The summed E-state index contributed by atoms with van der Waals surface area (Å²) in [7, 11) is 1.93. The van der Waals surface area contributed by atoms with Crippen LogP contribution in [-0.2, 0) is 0 Å². The topological polar surface area (TPSA) is 29.9 Å². The standard InChI is InChI=1S/C17H19N3/c1-12(2)20-16-7-5-4-6-15(16)19-17(20)13-8-10-14(18-3)11-9-13/h4-12,18H,1-3H3. The van der Waals surface area contributed by atoms with E-state index in [0.29, 0.717) is 6.04 Å². The molecule has 0 saturated heterocycles. The fraction of sp³-hybridized carbons (Fsp3) is 0.235. The predicted molar refractivity (Wildman–Crippen MR) is 85.1 cm³/mol. The van der Waals surface area contributed by atoms with Crippen LogP contribution in [0.1, 0.15) is 19.9 Å². The monoisotopic (exact) mass is 265 g/mol. The largest absolute Gasteiger partial charge is 0.388 e. The van der Waals surface area contributed by atoms with Gasteiger partial charge in [0.05, 0.1) is 11.0 Å². The third-order valence-electron chi connectivity index (χ3n) is 3.54. The van der Waals surface area contributed by atoms with Crippen molar-refractivity contribution in [3.05, 3.63) is 48.5 Å². The number of benzene rings is 2. The van der Waals surface area contributed by atoms with Gasteiger partial charge >= 0.3 is 0 Å². The van der Waals surface area contributed by atoms with Crippen molar-refractivity contribution in [3.63, 3.8) is 0 Å². The molecule has 0 aliphatic rings. The molecule has 3 heteroatoms. The van der Waals surface area contributed by atoms with Gasteiger partial charge in [-0.25, -0.2) is 4.98 Å². The summed E-state index contributed by atoms with van der Waals surface area (Å²) in [6, 6.07) is 17.1. The summed E-state index contributed by atoms with van der Waals surface area (Å²) in [5.41, 5.74) is 4.50. The smallest absolute Gasteiger partial charge is 0.141 e. The van der Waals surface area contributed by atoms with Crippen molar-refractivity contribution in [2.24, 2.45) is 0 Å². The number of hydrogen-bond donors (Lipinski definition) is 1. The average molecular weight is 265 g/mol. The molecule has 0 fully saturated rings. The number of anilines is 1. The predicted octanol–water partition coefficient (Wildman–Crippen LogP) is 4.33. The molecule has 20 heavy (non-hydrogen) atoms. The lowest BCUT2D eigenvalue weighted by atomic mass is 10.2. The van der Waals surface area contributed by atoms with Gasteiger partial charge in [-0.2, -0.15) is 0 Å². The Kier molecular flexibility index (Phi) is 3.18. The van der Waals surface area contributed by atoms with E-state index in [0.717, 1.165) is 22.6 Å². The summed E-state index contributed by atoms with van der Waals surface area (Å²) in [4.78, 5) is 4.80. The van der Waals surface area contributed by atoms with Crippen LogP contribution in [0.25, 0.3) is 22.4 Å². The molecule has 0 saturated carbocycles. The lowest BCUT2D eigenvalue weighted by Crippen LogP contribution is -2.03. The van der Waals surface area contributed by atoms with Crippen LogP contribution in [0.4, 0.5) is 5.69 Å². The van der Waals surface area contributed by atoms with E-state index in [4.69, 9.17) is 4.98 Å². The molecule has 0 unspecified atom stereocenters. The number of fused-ring (bicyclic) bond motifs is 1. The third-order valence-corrected chi connectivity index (χ3v) is 3.54. The normalized spacial score (nSPS) is 11.2. The van der Waals surface area contributed by atoms with Crippen LogP contribution in [0.15, 0.2) is 48.5 Å². The van der Waals surface area contributed by atoms with Crippen molar-refractivity contribution in [2.75, 3.05) is 12.4 Å². The van der Waals surface area contributed by atoms with E-state index in [1.807, 2.05) is 13.1 Å². The molecular weight excluding hydrogens is 246 g/mol. The Morgan fingerprint density at radius 1 is 1.00 bits per heavy atom. The minimum absolute atomic E-state index is 0.376. The molecule has 102 valence electrons. The van der Waals surface area contributed by atoms with Crippen molar-refractivity contribution in [3.8, 4) is 11.4 Å². The van der Waals surface area contributed by atoms with Crippen LogP contribution in [-0.4, -0.2) is 16.6 Å². The third kappa shape index (κ3) is 2.05. The number of para-hydroxylation sites is 2. The van der Waals surface area contributed by atoms with Gasteiger partial charge in [0.1, 0.15) is 5.82 Å². The molecule has 2 aromatic carbocycles. The van der Waals surface area contributed by atoms with Crippen LogP contribution in [0, 0.1) is 0 Å². The van der Waals surface area contributed by atoms with E-state index in [-0.39, 0.29) is 0 Å². The Balaban J connectivity index is 2.21. The Morgan fingerprint density at radius 2 is 1.70 bits per heavy atom. The number of nitrogens with one attached hydrogen (secondary N) is 1. The highest BCUT2D eigenvalue weighted by Gasteiger charge is 2.14. The molecule has 1 aromatic heterocycles. The first-order chi connectivity index (χ1) is 9.70. The molecule has 0 bridgehead atoms. The second kappa shape index (κ2) is 5.00. The molecule has 0 aliphatic carbocycles. The first-order valence-corrected chi connectivity index (χ1v) is 6.96. The Labute approximate surface area is 119 Å². The van der Waals surface area contributed by atoms with Crippen LogP contribution in [0.5, 0.6) is 0 Å². The summed E-state index contributed by atoms with van der Waals surface area (Å²) < 4.78 is 2.30. The lowest BCUT2D eigenvalue weighted by Gasteiger charge is -2.13. The summed E-state index contributed by atoms with van der Waals surface area (Å²) >= 11 is 0. The maximum Gasteiger partial charge on any atom is 0.141 e. The molecule has 1 heterocycles. The number of rotatable bonds is 3. The van der Waals surface area contributed by atoms with E-state index in [9.17, 15) is 0 Å². The second-order valence-corrected chi connectivity index (χ2v) is 5.22. The molecule has 0 aliphatic heterocycles. The van der Waals surface area contributed by atoms with Gasteiger partial charge in [0, 0.05) is 24.3 Å². The van der Waals surface area contributed by atoms with Gasteiger partial charge < -0.3 is 9.88 Å². The van der Waals surface area contributed by atoms with Gasteiger partial charge in [-0.15, -0.1) is 0 Å². The first-order valence-electron chi connectivity index (χ1n) is 6.96. The van der Waals surface area contributed by atoms with Crippen LogP contribution in [0.3, 0.4) is 0 Å². The van der Waals surface area contributed by atoms with E-state index in [1.165, 1.54) is 5.52 Å². The molecule has 0 radical (unpaired) electrons. The van der Waals surface area contributed by atoms with Gasteiger partial charge in [0.15, 0.2) is 0 Å². The van der Waals surface area contributed by atoms with Crippen molar-refractivity contribution >= 4 is 16.7 Å². The van der Waals surface area contributed by atoms with Crippen molar-refractivity contribution in [1.82, 2.24) is 9.55 Å². The Morgan fingerprint density at radius 3 is 2.35 bits per heavy atom. The van der Waals surface area contributed by atoms with Gasteiger partial charge in [0.2, 0.25) is 0 Å². The molecule has 3 rings (SSSR count). The zero-order chi connectivity index (χ0) is 14.1. The summed E-state index contributed by atoms with van der Waals surface area (Å²) in [5, 5.41) is 3.14. The highest BCUT2D eigenvalue weighted by molar-refractivity contribution is 5.81. The number of hydrogen-bond acceptors (Lipinski definition) is 2. The van der Waals surface area contributed by atoms with Crippen LogP contribution in [0.2, 0.25) is 0 Å². The Bertz CT molecular complexity index is 724. The second-order valence-electron chi connectivity index (χ2n) is 5.22.